The highest BCUT2D eigenvalue weighted by Crippen LogP contribution is 2.29. The minimum atomic E-state index is -0.552. The molecule has 0 aromatic carbocycles. The number of nitrogens with zero attached hydrogens (tertiary/aromatic N) is 4. The Morgan fingerprint density at radius 3 is 3.06 bits per heavy atom. The van der Waals surface area contributed by atoms with Crippen LogP contribution in [-0.4, -0.2) is 75.4 Å². The lowest BCUT2D eigenvalue weighted by atomic mass is 9.93. The molecule has 3 atom stereocenters. The molecule has 166 valence electrons. The summed E-state index contributed by atoms with van der Waals surface area (Å²) in [4.78, 5) is 18.1. The van der Waals surface area contributed by atoms with E-state index in [0.717, 1.165) is 18.4 Å². The molecular formula is C21H26ClFN6O2. The first-order chi connectivity index (χ1) is 14.9. The number of piperidine rings is 1. The predicted molar refractivity (Wildman–Crippen MR) is 118 cm³/mol. The molecule has 0 aliphatic carbocycles. The number of aromatic nitrogens is 4. The molecule has 3 N–H and O–H groups in total. The number of aliphatic hydroxyl groups excluding tert-OH is 1. The normalized spacial score (nSPS) is 20.8. The number of rotatable bonds is 7. The number of H-pyrrole nitrogens is 1. The Balaban J connectivity index is 1.55. The van der Waals surface area contributed by atoms with Gasteiger partial charge in [0.05, 0.1) is 23.9 Å². The number of fused-ring (bicyclic) bond motifs is 1. The van der Waals surface area contributed by atoms with E-state index in [1.807, 2.05) is 0 Å². The van der Waals surface area contributed by atoms with Crippen LogP contribution in [-0.2, 0) is 4.74 Å². The van der Waals surface area contributed by atoms with Gasteiger partial charge in [0.15, 0.2) is 17.5 Å². The van der Waals surface area contributed by atoms with Gasteiger partial charge in [-0.05, 0) is 24.9 Å². The van der Waals surface area contributed by atoms with E-state index in [1.165, 1.54) is 6.20 Å². The second kappa shape index (κ2) is 9.44. The molecule has 1 aliphatic heterocycles. The lowest BCUT2D eigenvalue weighted by molar-refractivity contribution is 0.0282. The quantitative estimate of drug-likeness (QED) is 0.511. The van der Waals surface area contributed by atoms with Crippen molar-refractivity contribution in [1.82, 2.24) is 24.8 Å². The van der Waals surface area contributed by atoms with Crippen molar-refractivity contribution in [3.05, 3.63) is 35.5 Å². The molecule has 4 heterocycles. The fourth-order valence-corrected chi connectivity index (χ4v) is 4.13. The molecule has 3 aromatic heterocycles. The molecule has 1 fully saturated rings. The number of β-amino-alcohol motifs (C(OH)–C–C–N with tert-alkyl or cyclic N) is 1. The number of nitrogens with one attached hydrogen (secondary N) is 2. The van der Waals surface area contributed by atoms with Crippen molar-refractivity contribution in [1.29, 1.82) is 0 Å². The maximum atomic E-state index is 14.6. The van der Waals surface area contributed by atoms with Crippen LogP contribution in [0.25, 0.3) is 22.4 Å². The zero-order valence-corrected chi connectivity index (χ0v) is 18.2. The third-order valence-electron chi connectivity index (χ3n) is 5.68. The number of methoxy groups -OCH3 is 1. The van der Waals surface area contributed by atoms with Crippen LogP contribution in [0, 0.1) is 11.7 Å². The maximum Gasteiger partial charge on any atom is 0.183 e. The molecule has 0 saturated carbocycles. The van der Waals surface area contributed by atoms with Gasteiger partial charge in [0.1, 0.15) is 5.65 Å². The monoisotopic (exact) mass is 448 g/mol. The van der Waals surface area contributed by atoms with E-state index in [1.54, 1.807) is 25.6 Å². The number of ether oxygens (including phenoxy) is 1. The molecule has 10 heteroatoms. The van der Waals surface area contributed by atoms with Crippen LogP contribution in [0.1, 0.15) is 13.3 Å². The molecule has 31 heavy (non-hydrogen) atoms. The molecule has 0 spiro atoms. The predicted octanol–water partition coefficient (Wildman–Crippen LogP) is 2.94. The van der Waals surface area contributed by atoms with Crippen molar-refractivity contribution in [3.8, 4) is 11.4 Å². The van der Waals surface area contributed by atoms with Gasteiger partial charge >= 0.3 is 0 Å². The van der Waals surface area contributed by atoms with Gasteiger partial charge in [0.25, 0.3) is 0 Å². The summed E-state index contributed by atoms with van der Waals surface area (Å²) in [6, 6.07) is 1.77. The number of aliphatic hydroxyl groups is 1. The third-order valence-corrected chi connectivity index (χ3v) is 5.88. The Morgan fingerprint density at radius 1 is 1.42 bits per heavy atom. The van der Waals surface area contributed by atoms with Gasteiger partial charge in [-0.25, -0.2) is 19.3 Å². The van der Waals surface area contributed by atoms with E-state index in [2.05, 4.69) is 37.1 Å². The van der Waals surface area contributed by atoms with E-state index in [4.69, 9.17) is 16.3 Å². The van der Waals surface area contributed by atoms with Gasteiger partial charge in [-0.3, -0.25) is 4.90 Å². The number of halogens is 2. The first-order valence-electron chi connectivity index (χ1n) is 10.3. The van der Waals surface area contributed by atoms with Crippen LogP contribution in [0.3, 0.4) is 0 Å². The lowest BCUT2D eigenvalue weighted by Gasteiger charge is -2.38. The van der Waals surface area contributed by atoms with Crippen LogP contribution in [0.15, 0.2) is 24.7 Å². The van der Waals surface area contributed by atoms with Crippen LogP contribution < -0.4 is 5.32 Å². The molecule has 2 unspecified atom stereocenters. The molecule has 1 saturated heterocycles. The van der Waals surface area contributed by atoms with Gasteiger partial charge in [0, 0.05) is 49.6 Å². The van der Waals surface area contributed by atoms with Crippen LogP contribution in [0.2, 0.25) is 5.02 Å². The van der Waals surface area contributed by atoms with Gasteiger partial charge in [0.2, 0.25) is 0 Å². The first-order valence-corrected chi connectivity index (χ1v) is 10.6. The van der Waals surface area contributed by atoms with Gasteiger partial charge in [-0.2, -0.15) is 0 Å². The first kappa shape index (κ1) is 21.9. The van der Waals surface area contributed by atoms with E-state index >= 15 is 0 Å². The number of likely N-dealkylation sites (tertiary alicyclic amines) is 1. The van der Waals surface area contributed by atoms with E-state index < -0.39 is 11.9 Å². The SMILES string of the molecule is COCC(O)CN1CC[C@H](C)C(Nc2nc(-c3c[nH]c4ncc(Cl)cc34)ncc2F)C1. The maximum absolute atomic E-state index is 14.6. The fourth-order valence-electron chi connectivity index (χ4n) is 3.97. The molecule has 0 radical (unpaired) electrons. The number of pyridine rings is 1. The van der Waals surface area contributed by atoms with Crippen LogP contribution in [0.5, 0.6) is 0 Å². The summed E-state index contributed by atoms with van der Waals surface area (Å²) in [5, 5.41) is 14.6. The Morgan fingerprint density at radius 2 is 2.26 bits per heavy atom. The van der Waals surface area contributed by atoms with Crippen LogP contribution in [0.4, 0.5) is 10.2 Å². The summed E-state index contributed by atoms with van der Waals surface area (Å²) < 4.78 is 19.6. The fraction of sp³-hybridized carbons (Fsp3) is 0.476. The molecule has 0 amide bonds. The summed E-state index contributed by atoms with van der Waals surface area (Å²) in [5.41, 5.74) is 1.36. The zero-order chi connectivity index (χ0) is 22.0. The van der Waals surface area contributed by atoms with Crippen molar-refractivity contribution in [2.45, 2.75) is 25.5 Å². The standard InChI is InChI=1S/C21H26ClFN6O2/c1-12-3-4-29(9-14(30)11-31-2)10-18(12)27-21-17(23)8-26-20(28-21)16-7-25-19-15(16)5-13(22)6-24-19/h5-8,12,14,18,30H,3-4,9-11H2,1-2H3,(H,24,25)(H,26,27,28)/t12-,14?,18?/m0/s1. The van der Waals surface area contributed by atoms with Crippen molar-refractivity contribution in [2.75, 3.05) is 38.7 Å². The summed E-state index contributed by atoms with van der Waals surface area (Å²) in [6.07, 6.45) is 4.86. The topological polar surface area (TPSA) is 99.2 Å². The second-order valence-electron chi connectivity index (χ2n) is 8.03. The average Bonchev–Trinajstić information content (AvgIpc) is 3.15. The highest BCUT2D eigenvalue weighted by molar-refractivity contribution is 6.31. The minimum Gasteiger partial charge on any atom is -0.389 e. The smallest absolute Gasteiger partial charge is 0.183 e. The summed E-state index contributed by atoms with van der Waals surface area (Å²) >= 11 is 6.09. The van der Waals surface area contributed by atoms with E-state index in [0.29, 0.717) is 41.1 Å². The second-order valence-corrected chi connectivity index (χ2v) is 8.46. The minimum absolute atomic E-state index is 0.0141. The van der Waals surface area contributed by atoms with Gasteiger partial charge in [-0.15, -0.1) is 0 Å². The Bertz CT molecular complexity index is 1050. The summed E-state index contributed by atoms with van der Waals surface area (Å²) in [6.45, 7) is 4.48. The highest BCUT2D eigenvalue weighted by Gasteiger charge is 2.28. The zero-order valence-electron chi connectivity index (χ0n) is 17.5. The summed E-state index contributed by atoms with van der Waals surface area (Å²) in [7, 11) is 1.57. The van der Waals surface area contributed by atoms with E-state index in [-0.39, 0.29) is 18.5 Å². The van der Waals surface area contributed by atoms with Crippen molar-refractivity contribution < 1.29 is 14.2 Å². The van der Waals surface area contributed by atoms with Crippen molar-refractivity contribution in [2.24, 2.45) is 5.92 Å². The average molecular weight is 449 g/mol. The number of aromatic amines is 1. The molecule has 4 rings (SSSR count). The molecule has 3 aromatic rings. The number of hydrogen-bond donors (Lipinski definition) is 3. The lowest BCUT2D eigenvalue weighted by Crippen LogP contribution is -2.49. The van der Waals surface area contributed by atoms with Gasteiger partial charge < -0.3 is 20.1 Å². The van der Waals surface area contributed by atoms with Crippen molar-refractivity contribution in [3.63, 3.8) is 0 Å². The Kier molecular flexibility index (Phi) is 6.66. The molecular weight excluding hydrogens is 423 g/mol. The number of hydrogen-bond acceptors (Lipinski definition) is 7. The third kappa shape index (κ3) is 4.95. The molecule has 1 aliphatic rings. The summed E-state index contributed by atoms with van der Waals surface area (Å²) in [5.74, 6) is 0.355. The molecule has 0 bridgehead atoms. The Hall–Kier alpha value is -2.33. The van der Waals surface area contributed by atoms with E-state index in [9.17, 15) is 9.50 Å². The van der Waals surface area contributed by atoms with Crippen molar-refractivity contribution >= 4 is 28.5 Å². The highest BCUT2D eigenvalue weighted by atomic mass is 35.5. The molecule has 8 nitrogen and oxygen atoms in total. The van der Waals surface area contributed by atoms with Gasteiger partial charge in [-0.1, -0.05) is 18.5 Å². The Labute approximate surface area is 184 Å². The number of anilines is 1. The largest absolute Gasteiger partial charge is 0.389 e. The van der Waals surface area contributed by atoms with Crippen LogP contribution >= 0.6 is 11.6 Å².